The van der Waals surface area contributed by atoms with E-state index in [0.717, 1.165) is 6.20 Å². The molecule has 31 heavy (non-hydrogen) atoms. The van der Waals surface area contributed by atoms with Gasteiger partial charge in [0, 0.05) is 6.20 Å². The van der Waals surface area contributed by atoms with Gasteiger partial charge in [-0.1, -0.05) is 18.1 Å². The maximum atomic E-state index is 15.2. The van der Waals surface area contributed by atoms with Gasteiger partial charge >= 0.3 is 29.2 Å². The Morgan fingerprint density at radius 3 is 2.42 bits per heavy atom. The number of H-pyrrole nitrogens is 1. The number of phosphoric acid groups is 3. The van der Waals surface area contributed by atoms with Crippen molar-refractivity contribution in [1.29, 1.82) is 0 Å². The number of alkyl halides is 1. The average molecular weight is 526 g/mol. The number of aromatic nitrogens is 2. The predicted molar refractivity (Wildman–Crippen MR) is 98.3 cm³/mol. The summed E-state index contributed by atoms with van der Waals surface area (Å²) in [6.07, 6.45) is 0.131. The quantitative estimate of drug-likeness (QED) is 0.147. The predicted octanol–water partition coefficient (Wildman–Crippen LogP) is -0.151. The zero-order chi connectivity index (χ0) is 23.8. The standard InChI is InChI=1S/C11H14FN2O13P3S/c1-2-11(12)8(15)6(25-9(11)14-4-3-7(31)13-10(14)16)5-24-29(20,21)27-30(22,23)26-28(17,18)19/h1,3-4,6,8-9,15H,5H2,(H,20,21)(H,22,23)(H,13,16,31)(H2,17,18,19)/t6-,8+,9-,11?/m1/s1. The summed E-state index contributed by atoms with van der Waals surface area (Å²) in [5, 5.41) is 10.2. The summed E-state index contributed by atoms with van der Waals surface area (Å²) in [4.78, 5) is 49.6. The first-order valence-electron chi connectivity index (χ1n) is 7.60. The maximum Gasteiger partial charge on any atom is 0.490 e. The molecule has 2 heterocycles. The molecule has 0 radical (unpaired) electrons. The fourth-order valence-corrected chi connectivity index (χ4v) is 5.57. The highest BCUT2D eigenvalue weighted by atomic mass is 32.1. The van der Waals surface area contributed by atoms with Gasteiger partial charge in [-0.05, 0) is 6.07 Å². The van der Waals surface area contributed by atoms with E-state index in [1.165, 1.54) is 6.07 Å². The van der Waals surface area contributed by atoms with Crippen molar-refractivity contribution in [3.63, 3.8) is 0 Å². The van der Waals surface area contributed by atoms with Gasteiger partial charge in [-0.25, -0.2) is 22.9 Å². The van der Waals surface area contributed by atoms with Crippen molar-refractivity contribution in [3.8, 4) is 12.3 Å². The number of aliphatic hydroxyl groups excluding tert-OH is 1. The fourth-order valence-electron chi connectivity index (χ4n) is 2.39. The molecular weight excluding hydrogens is 512 g/mol. The summed E-state index contributed by atoms with van der Waals surface area (Å²) >= 11 is 4.74. The van der Waals surface area contributed by atoms with Crippen LogP contribution in [0.3, 0.4) is 0 Å². The molecule has 6 atom stereocenters. The lowest BCUT2D eigenvalue weighted by atomic mass is 9.97. The topological polar surface area (TPSA) is 227 Å². The largest absolute Gasteiger partial charge is 0.490 e. The van der Waals surface area contributed by atoms with Crippen molar-refractivity contribution in [1.82, 2.24) is 9.55 Å². The van der Waals surface area contributed by atoms with Crippen molar-refractivity contribution in [3.05, 3.63) is 27.4 Å². The van der Waals surface area contributed by atoms with Gasteiger partial charge in [0.05, 0.1) is 6.61 Å². The Hall–Kier alpha value is -1.08. The smallest absolute Gasteiger partial charge is 0.386 e. The van der Waals surface area contributed by atoms with E-state index in [9.17, 15) is 28.5 Å². The Labute approximate surface area is 176 Å². The van der Waals surface area contributed by atoms with Crippen molar-refractivity contribution in [2.75, 3.05) is 6.61 Å². The number of hydrogen-bond donors (Lipinski definition) is 6. The van der Waals surface area contributed by atoms with Crippen LogP contribution in [0.4, 0.5) is 4.39 Å². The van der Waals surface area contributed by atoms with Gasteiger partial charge in [-0.2, -0.15) is 8.62 Å². The van der Waals surface area contributed by atoms with E-state index in [0.29, 0.717) is 4.57 Å². The summed E-state index contributed by atoms with van der Waals surface area (Å²) in [5.74, 6) is 1.62. The first kappa shape index (κ1) is 26.2. The van der Waals surface area contributed by atoms with E-state index in [1.807, 2.05) is 0 Å². The number of aromatic amines is 1. The molecule has 6 N–H and O–H groups in total. The average Bonchev–Trinajstić information content (AvgIpc) is 2.82. The van der Waals surface area contributed by atoms with E-state index in [1.54, 1.807) is 5.92 Å². The summed E-state index contributed by atoms with van der Waals surface area (Å²) in [5.41, 5.74) is -4.00. The van der Waals surface area contributed by atoms with E-state index in [-0.39, 0.29) is 4.64 Å². The summed E-state index contributed by atoms with van der Waals surface area (Å²) in [6, 6.07) is 1.18. The molecule has 0 aliphatic carbocycles. The Balaban J connectivity index is 2.19. The van der Waals surface area contributed by atoms with E-state index >= 15 is 4.39 Å². The van der Waals surface area contributed by atoms with Crippen molar-refractivity contribution >= 4 is 35.7 Å². The van der Waals surface area contributed by atoms with Crippen LogP contribution in [0.1, 0.15) is 6.23 Å². The highest BCUT2D eigenvalue weighted by Crippen LogP contribution is 2.66. The fraction of sp³-hybridized carbons (Fsp3) is 0.455. The van der Waals surface area contributed by atoms with Crippen molar-refractivity contribution < 1.29 is 60.6 Å². The Bertz CT molecular complexity index is 1140. The maximum absolute atomic E-state index is 15.2. The van der Waals surface area contributed by atoms with Gasteiger partial charge in [0.25, 0.3) is 0 Å². The van der Waals surface area contributed by atoms with E-state index < -0.39 is 59.9 Å². The number of nitrogens with zero attached hydrogens (tertiary/aromatic N) is 1. The lowest BCUT2D eigenvalue weighted by Gasteiger charge is -2.23. The third-order valence-electron chi connectivity index (χ3n) is 3.59. The number of phosphoric ester groups is 1. The van der Waals surface area contributed by atoms with Crippen molar-refractivity contribution in [2.24, 2.45) is 0 Å². The van der Waals surface area contributed by atoms with Crippen LogP contribution in [-0.2, 0) is 31.6 Å². The molecule has 1 saturated heterocycles. The molecule has 0 aromatic carbocycles. The van der Waals surface area contributed by atoms with Gasteiger partial charge in [-0.3, -0.25) is 14.1 Å². The monoisotopic (exact) mass is 526 g/mol. The first-order valence-corrected chi connectivity index (χ1v) is 12.5. The third-order valence-corrected chi connectivity index (χ3v) is 7.63. The SMILES string of the molecule is C#CC1(F)[C@@H](O)[C@@H](COP(=O)(O)OP(=O)(O)OP(=O)(O)O)O[C@H]1n1ccc(=S)[nH]c1=O. The molecule has 3 unspecified atom stereocenters. The minimum Gasteiger partial charge on any atom is -0.386 e. The molecule has 2 rings (SSSR count). The number of halogens is 1. The van der Waals surface area contributed by atoms with Gasteiger partial charge < -0.3 is 29.4 Å². The van der Waals surface area contributed by atoms with Gasteiger partial charge in [-0.15, -0.1) is 6.42 Å². The number of ether oxygens (including phenoxy) is 1. The number of hydrogen-bond acceptors (Lipinski definition) is 10. The zero-order valence-corrected chi connectivity index (χ0v) is 18.2. The molecular formula is C11H14FN2O13P3S. The minimum atomic E-state index is -5.79. The van der Waals surface area contributed by atoms with Crippen LogP contribution in [0.5, 0.6) is 0 Å². The number of terminal acetylenes is 1. The van der Waals surface area contributed by atoms with Crippen LogP contribution >= 0.6 is 35.7 Å². The number of nitrogens with one attached hydrogen (secondary N) is 1. The molecule has 0 spiro atoms. The molecule has 1 fully saturated rings. The Morgan fingerprint density at radius 1 is 1.29 bits per heavy atom. The second-order valence-corrected chi connectivity index (χ2v) is 10.6. The molecule has 0 amide bonds. The molecule has 1 aromatic rings. The van der Waals surface area contributed by atoms with Crippen LogP contribution < -0.4 is 5.69 Å². The highest BCUT2D eigenvalue weighted by molar-refractivity contribution is 7.71. The number of rotatable bonds is 8. The summed E-state index contributed by atoms with van der Waals surface area (Å²) < 4.78 is 65.9. The normalized spacial score (nSPS) is 30.3. The first-order chi connectivity index (χ1) is 14.0. The summed E-state index contributed by atoms with van der Waals surface area (Å²) in [7, 11) is -17.0. The number of aliphatic hydroxyl groups is 1. The lowest BCUT2D eigenvalue weighted by molar-refractivity contribution is -0.0534. The lowest BCUT2D eigenvalue weighted by Crippen LogP contribution is -2.44. The second kappa shape index (κ2) is 9.05. The zero-order valence-electron chi connectivity index (χ0n) is 14.7. The molecule has 1 aromatic heterocycles. The Morgan fingerprint density at radius 2 is 1.90 bits per heavy atom. The van der Waals surface area contributed by atoms with Crippen LogP contribution in [0.15, 0.2) is 17.1 Å². The molecule has 0 bridgehead atoms. The Kier molecular flexibility index (Phi) is 7.64. The van der Waals surface area contributed by atoms with Crippen LogP contribution in [0, 0.1) is 17.0 Å². The molecule has 174 valence electrons. The van der Waals surface area contributed by atoms with Crippen molar-refractivity contribution in [2.45, 2.75) is 24.1 Å². The van der Waals surface area contributed by atoms with Crippen LogP contribution in [-0.4, -0.2) is 58.7 Å². The molecule has 20 heteroatoms. The molecule has 1 aliphatic rings. The van der Waals surface area contributed by atoms with E-state index in [2.05, 4.69) is 18.1 Å². The van der Waals surface area contributed by atoms with Crippen LogP contribution in [0.2, 0.25) is 0 Å². The van der Waals surface area contributed by atoms with Crippen LogP contribution in [0.25, 0.3) is 0 Å². The third kappa shape index (κ3) is 6.47. The second-order valence-electron chi connectivity index (χ2n) is 5.79. The van der Waals surface area contributed by atoms with E-state index in [4.69, 9.17) is 38.1 Å². The highest BCUT2D eigenvalue weighted by Gasteiger charge is 2.58. The van der Waals surface area contributed by atoms with Gasteiger partial charge in [0.15, 0.2) is 6.23 Å². The van der Waals surface area contributed by atoms with Gasteiger partial charge in [0.1, 0.15) is 16.8 Å². The molecule has 1 aliphatic heterocycles. The molecule has 0 saturated carbocycles. The molecule has 15 nitrogen and oxygen atoms in total. The minimum absolute atomic E-state index is 0.00540. The summed E-state index contributed by atoms with van der Waals surface area (Å²) in [6.45, 7) is -1.19. The van der Waals surface area contributed by atoms with Gasteiger partial charge in [0.2, 0.25) is 5.67 Å².